The molecule has 128 valence electrons. The zero-order valence-corrected chi connectivity index (χ0v) is 14.8. The van der Waals surface area contributed by atoms with Gasteiger partial charge in [-0.1, -0.05) is 38.1 Å². The fourth-order valence-corrected chi connectivity index (χ4v) is 2.44. The Balaban J connectivity index is 1.93. The van der Waals surface area contributed by atoms with Crippen molar-refractivity contribution in [2.75, 3.05) is 19.5 Å². The highest BCUT2D eigenvalue weighted by Gasteiger charge is 2.09. The van der Waals surface area contributed by atoms with Gasteiger partial charge in [0.15, 0.2) is 0 Å². The van der Waals surface area contributed by atoms with Gasteiger partial charge in [0.05, 0.1) is 19.9 Å². The van der Waals surface area contributed by atoms with Crippen LogP contribution in [0.25, 0.3) is 0 Å². The van der Waals surface area contributed by atoms with E-state index in [1.54, 1.807) is 32.4 Å². The fourth-order valence-electron chi connectivity index (χ4n) is 2.44. The summed E-state index contributed by atoms with van der Waals surface area (Å²) in [4.78, 5) is 12.2. The number of methoxy groups -OCH3 is 2. The van der Waals surface area contributed by atoms with Gasteiger partial charge in [0.25, 0.3) is 0 Å². The first-order valence-corrected chi connectivity index (χ1v) is 8.14. The second-order valence-corrected chi connectivity index (χ2v) is 6.01. The van der Waals surface area contributed by atoms with Gasteiger partial charge in [-0.3, -0.25) is 4.79 Å². The molecule has 2 aromatic rings. The summed E-state index contributed by atoms with van der Waals surface area (Å²) in [6, 6.07) is 13.8. The van der Waals surface area contributed by atoms with Crippen molar-refractivity contribution in [1.82, 2.24) is 0 Å². The van der Waals surface area contributed by atoms with E-state index in [1.165, 1.54) is 5.56 Å². The number of ether oxygens (including phenoxy) is 2. The average Bonchev–Trinajstić information content (AvgIpc) is 2.60. The van der Waals surface area contributed by atoms with E-state index in [2.05, 4.69) is 43.4 Å². The van der Waals surface area contributed by atoms with Crippen LogP contribution in [0.15, 0.2) is 42.5 Å². The Morgan fingerprint density at radius 2 is 1.75 bits per heavy atom. The van der Waals surface area contributed by atoms with E-state index in [1.807, 2.05) is 0 Å². The molecule has 0 atom stereocenters. The van der Waals surface area contributed by atoms with Crippen LogP contribution in [0.2, 0.25) is 0 Å². The van der Waals surface area contributed by atoms with E-state index in [4.69, 9.17) is 9.47 Å². The highest BCUT2D eigenvalue weighted by molar-refractivity contribution is 5.92. The molecule has 1 N–H and O–H groups in total. The molecule has 1 amide bonds. The number of carbonyl (C=O) groups is 1. The lowest BCUT2D eigenvalue weighted by molar-refractivity contribution is -0.116. The molecule has 0 fully saturated rings. The summed E-state index contributed by atoms with van der Waals surface area (Å²) in [5, 5.41) is 2.89. The van der Waals surface area contributed by atoms with Crippen LogP contribution in [0.5, 0.6) is 11.5 Å². The Kier molecular flexibility index (Phi) is 6.24. The molecular weight excluding hydrogens is 302 g/mol. The van der Waals surface area contributed by atoms with E-state index in [0.717, 1.165) is 5.56 Å². The first-order chi connectivity index (χ1) is 11.5. The van der Waals surface area contributed by atoms with Crippen molar-refractivity contribution in [2.24, 2.45) is 0 Å². The number of hydrogen-bond acceptors (Lipinski definition) is 3. The standard InChI is InChI=1S/C20H25NO3/c1-14(2)16-8-5-15(6-9-16)7-12-20(22)21-18-11-10-17(23-3)13-19(18)24-4/h5-6,8-11,13-14H,7,12H2,1-4H3,(H,21,22). The maximum Gasteiger partial charge on any atom is 0.224 e. The number of carbonyl (C=O) groups excluding carboxylic acids is 1. The molecule has 0 unspecified atom stereocenters. The minimum atomic E-state index is -0.0357. The molecule has 0 saturated carbocycles. The Morgan fingerprint density at radius 1 is 1.04 bits per heavy atom. The average molecular weight is 327 g/mol. The third-order valence-electron chi connectivity index (χ3n) is 3.97. The van der Waals surface area contributed by atoms with Crippen LogP contribution in [-0.4, -0.2) is 20.1 Å². The molecule has 2 rings (SSSR count). The number of benzene rings is 2. The van der Waals surface area contributed by atoms with Gasteiger partial charge in [-0.15, -0.1) is 0 Å². The maximum absolute atomic E-state index is 12.2. The topological polar surface area (TPSA) is 47.6 Å². The van der Waals surface area contributed by atoms with Crippen LogP contribution >= 0.6 is 0 Å². The van der Waals surface area contributed by atoms with Crippen molar-refractivity contribution in [3.63, 3.8) is 0 Å². The largest absolute Gasteiger partial charge is 0.497 e. The van der Waals surface area contributed by atoms with Crippen molar-refractivity contribution in [3.05, 3.63) is 53.6 Å². The summed E-state index contributed by atoms with van der Waals surface area (Å²) in [5.74, 6) is 1.76. The number of amides is 1. The monoisotopic (exact) mass is 327 g/mol. The molecule has 0 aliphatic heterocycles. The number of anilines is 1. The van der Waals surface area contributed by atoms with Gasteiger partial charge in [0, 0.05) is 12.5 Å². The van der Waals surface area contributed by atoms with Crippen molar-refractivity contribution in [3.8, 4) is 11.5 Å². The maximum atomic E-state index is 12.2. The lowest BCUT2D eigenvalue weighted by atomic mass is 10.0. The normalized spacial score (nSPS) is 10.5. The van der Waals surface area contributed by atoms with E-state index in [0.29, 0.717) is 35.9 Å². The Bertz CT molecular complexity index is 678. The Labute approximate surface area is 143 Å². The van der Waals surface area contributed by atoms with E-state index >= 15 is 0 Å². The quantitative estimate of drug-likeness (QED) is 0.820. The molecule has 0 heterocycles. The molecular formula is C20H25NO3. The number of rotatable bonds is 7. The predicted molar refractivity (Wildman–Crippen MR) is 97.0 cm³/mol. The lowest BCUT2D eigenvalue weighted by Crippen LogP contribution is -2.13. The van der Waals surface area contributed by atoms with Crippen molar-refractivity contribution >= 4 is 11.6 Å². The molecule has 0 spiro atoms. The Morgan fingerprint density at radius 3 is 2.33 bits per heavy atom. The lowest BCUT2D eigenvalue weighted by Gasteiger charge is -2.12. The van der Waals surface area contributed by atoms with Gasteiger partial charge in [-0.2, -0.15) is 0 Å². The fraction of sp³-hybridized carbons (Fsp3) is 0.350. The van der Waals surface area contributed by atoms with Crippen LogP contribution < -0.4 is 14.8 Å². The zero-order valence-electron chi connectivity index (χ0n) is 14.8. The van der Waals surface area contributed by atoms with E-state index in [-0.39, 0.29) is 5.91 Å². The summed E-state index contributed by atoms with van der Waals surface area (Å²) in [7, 11) is 3.16. The second kappa shape index (κ2) is 8.39. The minimum absolute atomic E-state index is 0.0357. The van der Waals surface area contributed by atoms with Crippen molar-refractivity contribution in [1.29, 1.82) is 0 Å². The van der Waals surface area contributed by atoms with Crippen LogP contribution in [0.1, 0.15) is 37.3 Å². The summed E-state index contributed by atoms with van der Waals surface area (Å²) in [5.41, 5.74) is 3.13. The SMILES string of the molecule is COc1ccc(NC(=O)CCc2ccc(C(C)C)cc2)c(OC)c1. The van der Waals surface area contributed by atoms with Gasteiger partial charge in [0.1, 0.15) is 11.5 Å². The summed E-state index contributed by atoms with van der Waals surface area (Å²) < 4.78 is 10.4. The summed E-state index contributed by atoms with van der Waals surface area (Å²) in [6.07, 6.45) is 1.14. The van der Waals surface area contributed by atoms with Crippen LogP contribution in [0.3, 0.4) is 0 Å². The number of hydrogen-bond donors (Lipinski definition) is 1. The molecule has 0 aromatic heterocycles. The Hall–Kier alpha value is -2.49. The molecule has 0 aliphatic rings. The smallest absolute Gasteiger partial charge is 0.224 e. The summed E-state index contributed by atoms with van der Waals surface area (Å²) >= 11 is 0. The van der Waals surface area contributed by atoms with Gasteiger partial charge >= 0.3 is 0 Å². The molecule has 0 saturated heterocycles. The predicted octanol–water partition coefficient (Wildman–Crippen LogP) is 4.40. The van der Waals surface area contributed by atoms with Crippen LogP contribution in [-0.2, 0) is 11.2 Å². The highest BCUT2D eigenvalue weighted by Crippen LogP contribution is 2.29. The molecule has 2 aromatic carbocycles. The van der Waals surface area contributed by atoms with Gasteiger partial charge in [0.2, 0.25) is 5.91 Å². The first-order valence-electron chi connectivity index (χ1n) is 8.14. The zero-order chi connectivity index (χ0) is 17.5. The summed E-state index contributed by atoms with van der Waals surface area (Å²) in [6.45, 7) is 4.34. The third-order valence-corrected chi connectivity index (χ3v) is 3.97. The minimum Gasteiger partial charge on any atom is -0.497 e. The van der Waals surface area contributed by atoms with Crippen LogP contribution in [0.4, 0.5) is 5.69 Å². The van der Waals surface area contributed by atoms with Gasteiger partial charge in [-0.25, -0.2) is 0 Å². The van der Waals surface area contributed by atoms with E-state index in [9.17, 15) is 4.79 Å². The molecule has 24 heavy (non-hydrogen) atoms. The first kappa shape index (κ1) is 17.9. The van der Waals surface area contributed by atoms with Crippen molar-refractivity contribution in [2.45, 2.75) is 32.6 Å². The molecule has 0 bridgehead atoms. The molecule has 0 aliphatic carbocycles. The third kappa shape index (κ3) is 4.75. The van der Waals surface area contributed by atoms with E-state index < -0.39 is 0 Å². The number of aryl methyl sites for hydroxylation is 1. The second-order valence-electron chi connectivity index (χ2n) is 6.01. The number of nitrogens with one attached hydrogen (secondary N) is 1. The van der Waals surface area contributed by atoms with Gasteiger partial charge < -0.3 is 14.8 Å². The van der Waals surface area contributed by atoms with Crippen molar-refractivity contribution < 1.29 is 14.3 Å². The highest BCUT2D eigenvalue weighted by atomic mass is 16.5. The van der Waals surface area contributed by atoms with Gasteiger partial charge in [-0.05, 0) is 35.6 Å². The molecule has 4 heteroatoms. The van der Waals surface area contributed by atoms with Crippen LogP contribution in [0, 0.1) is 0 Å². The molecule has 4 nitrogen and oxygen atoms in total. The molecule has 0 radical (unpaired) electrons.